The maximum absolute atomic E-state index is 8.56. The van der Waals surface area contributed by atoms with Gasteiger partial charge in [0, 0.05) is 0 Å². The first kappa shape index (κ1) is 15.6. The predicted octanol–water partition coefficient (Wildman–Crippen LogP) is -0.547. The average molecular weight is 167 g/mol. The number of carbonyl (C=O) groups is 1. The van der Waals surface area contributed by atoms with Gasteiger partial charge in [-0.1, -0.05) is 0 Å². The summed E-state index contributed by atoms with van der Waals surface area (Å²) in [5, 5.41) is 13.9. The van der Waals surface area contributed by atoms with E-state index in [1.165, 1.54) is 0 Å². The van der Waals surface area contributed by atoms with Crippen molar-refractivity contribution in [2.45, 2.75) is 0 Å². The molecule has 0 spiro atoms. The van der Waals surface area contributed by atoms with E-state index in [-0.39, 0.29) is 47.8 Å². The van der Waals surface area contributed by atoms with E-state index in [4.69, 9.17) is 18.6 Å². The van der Waals surface area contributed by atoms with Gasteiger partial charge in [-0.05, 0) is 0 Å². The fourth-order valence-electron chi connectivity index (χ4n) is 0. The Kier molecular flexibility index (Phi) is 35.6. The van der Waals surface area contributed by atoms with Crippen LogP contribution >= 0.6 is 0 Å². The van der Waals surface area contributed by atoms with Crippen LogP contribution in [-0.2, 0) is 21.8 Å². The molecule has 0 aliphatic heterocycles. The van der Waals surface area contributed by atoms with Gasteiger partial charge in [-0.3, -0.25) is 0 Å². The molecule has 0 atom stereocenters. The third-order valence-corrected chi connectivity index (χ3v) is 0. The van der Waals surface area contributed by atoms with E-state index in [1.54, 1.807) is 0 Å². The molecule has 0 aromatic rings. The zero-order chi connectivity index (χ0) is 5.58. The van der Waals surface area contributed by atoms with E-state index in [1.807, 2.05) is 0 Å². The Morgan fingerprint density at radius 2 is 1.29 bits per heavy atom. The molecule has 6 heteroatoms. The zero-order valence-electron chi connectivity index (χ0n) is 2.92. The second-order valence-electron chi connectivity index (χ2n) is 0.283. The van der Waals surface area contributed by atoms with Gasteiger partial charge in [-0.2, -0.15) is 0 Å². The van der Waals surface area contributed by atoms with Gasteiger partial charge in [0.15, 0.2) is 0 Å². The van der Waals surface area contributed by atoms with Crippen molar-refractivity contribution in [3.8, 4) is 0 Å². The summed E-state index contributed by atoms with van der Waals surface area (Å²) < 4.78 is 8.38. The van der Waals surface area contributed by atoms with Crippen LogP contribution in [0.25, 0.3) is 0 Å². The Morgan fingerprint density at radius 3 is 1.29 bits per heavy atom. The summed E-state index contributed by atoms with van der Waals surface area (Å²) in [5.74, 6) is 0. The molecule has 0 aliphatic carbocycles. The van der Waals surface area contributed by atoms with Crippen LogP contribution in [0.4, 0.5) is 4.79 Å². The molecule has 4 nitrogen and oxygen atoms in total. The standard InChI is InChI=1S/CH2O3.Na.O.Zn.H/c2-1(3)4;;;;/h(H2,2,3,4);;;;. The number of hydrogen-bond acceptors (Lipinski definition) is 2. The first-order chi connectivity index (χ1) is 2.73. The monoisotopic (exact) mass is 166 g/mol. The Labute approximate surface area is 72.1 Å². The van der Waals surface area contributed by atoms with Gasteiger partial charge < -0.3 is 10.2 Å². The Hall–Kier alpha value is 0.693. The summed E-state index contributed by atoms with van der Waals surface area (Å²) >= 11 is 0.125. The van der Waals surface area contributed by atoms with E-state index in [2.05, 4.69) is 0 Å². The SMILES string of the molecule is O=C(O)O.[NaH].[O]=[Zn]. The molecule has 0 aromatic heterocycles. The summed E-state index contributed by atoms with van der Waals surface area (Å²) in [6.45, 7) is 0. The maximum atomic E-state index is 8.56. The van der Waals surface area contributed by atoms with Crippen molar-refractivity contribution >= 4 is 35.7 Å². The molecule has 0 heterocycles. The van der Waals surface area contributed by atoms with Crippen molar-refractivity contribution in [2.75, 3.05) is 0 Å². The van der Waals surface area contributed by atoms with Crippen LogP contribution in [0.2, 0.25) is 0 Å². The summed E-state index contributed by atoms with van der Waals surface area (Å²) in [6, 6.07) is 0. The molecule has 0 amide bonds. The van der Waals surface area contributed by atoms with Gasteiger partial charge >= 0.3 is 57.5 Å². The topological polar surface area (TPSA) is 74.6 Å². The van der Waals surface area contributed by atoms with E-state index in [9.17, 15) is 0 Å². The second-order valence-corrected chi connectivity index (χ2v) is 0.283. The molecule has 0 bridgehead atoms. The van der Waals surface area contributed by atoms with E-state index < -0.39 is 6.16 Å². The van der Waals surface area contributed by atoms with Gasteiger partial charge in [0.1, 0.15) is 0 Å². The summed E-state index contributed by atoms with van der Waals surface area (Å²) in [5.41, 5.74) is 0. The van der Waals surface area contributed by atoms with Gasteiger partial charge in [0.2, 0.25) is 0 Å². The van der Waals surface area contributed by atoms with Crippen molar-refractivity contribution in [3.05, 3.63) is 0 Å². The van der Waals surface area contributed by atoms with Crippen LogP contribution in [0.3, 0.4) is 0 Å². The number of rotatable bonds is 0. The molecule has 7 heavy (non-hydrogen) atoms. The zero-order valence-corrected chi connectivity index (χ0v) is 5.89. The average Bonchev–Trinajstić information content (AvgIpc) is 1.41. The van der Waals surface area contributed by atoms with Gasteiger partial charge in [-0.15, -0.1) is 0 Å². The molecule has 0 saturated heterocycles. The minimum absolute atomic E-state index is 0. The van der Waals surface area contributed by atoms with Crippen LogP contribution < -0.4 is 0 Å². The third kappa shape index (κ3) is 307. The summed E-state index contributed by atoms with van der Waals surface area (Å²) in [4.78, 5) is 8.56. The predicted molar refractivity (Wildman–Crippen MR) is 18.5 cm³/mol. The molecule has 0 rings (SSSR count). The molecule has 0 fully saturated rings. The second kappa shape index (κ2) is 15.9. The summed E-state index contributed by atoms with van der Waals surface area (Å²) in [7, 11) is 0. The van der Waals surface area contributed by atoms with Crippen molar-refractivity contribution in [1.82, 2.24) is 0 Å². The van der Waals surface area contributed by atoms with Crippen LogP contribution in [0.1, 0.15) is 0 Å². The quantitative estimate of drug-likeness (QED) is 0.475. The Bertz CT molecular complexity index is 43.0. The van der Waals surface area contributed by atoms with E-state index in [0.29, 0.717) is 0 Å². The molecule has 34 valence electrons. The number of carboxylic acid groups (broad SMARTS) is 2. The van der Waals surface area contributed by atoms with Crippen LogP contribution in [0, 0.1) is 0 Å². The van der Waals surface area contributed by atoms with E-state index in [0.717, 1.165) is 0 Å². The Morgan fingerprint density at radius 1 is 1.29 bits per heavy atom. The molecule has 0 aliphatic rings. The molecule has 2 N–H and O–H groups in total. The fourth-order valence-corrected chi connectivity index (χ4v) is 0. The van der Waals surface area contributed by atoms with Gasteiger partial charge in [0.25, 0.3) is 0 Å². The van der Waals surface area contributed by atoms with Crippen LogP contribution in [0.15, 0.2) is 0 Å². The normalized spacial score (nSPS) is 4.29. The molecule has 0 unspecified atom stereocenters. The van der Waals surface area contributed by atoms with Gasteiger partial charge in [0.05, 0.1) is 0 Å². The van der Waals surface area contributed by atoms with Gasteiger partial charge in [-0.25, -0.2) is 4.79 Å². The first-order valence-electron chi connectivity index (χ1n) is 0.940. The molecular weight excluding hydrogens is 164 g/mol. The Balaban J connectivity index is -0.0000000480. The molecule has 0 radical (unpaired) electrons. The number of hydrogen-bond donors (Lipinski definition) is 2. The third-order valence-electron chi connectivity index (χ3n) is 0. The van der Waals surface area contributed by atoms with Crippen molar-refractivity contribution in [1.29, 1.82) is 0 Å². The first-order valence-corrected chi connectivity index (χ1v) is 2.15. The summed E-state index contributed by atoms with van der Waals surface area (Å²) in [6.07, 6.45) is -1.83. The van der Waals surface area contributed by atoms with Crippen LogP contribution in [0.5, 0.6) is 0 Å². The molecular formula is CH3NaO4Zn. The van der Waals surface area contributed by atoms with E-state index >= 15 is 0 Å². The van der Waals surface area contributed by atoms with Crippen molar-refractivity contribution in [3.63, 3.8) is 0 Å². The van der Waals surface area contributed by atoms with Crippen LogP contribution in [-0.4, -0.2) is 45.9 Å². The fraction of sp³-hybridized carbons (Fsp3) is 0. The minimum atomic E-state index is -1.83. The van der Waals surface area contributed by atoms with Crippen molar-refractivity contribution < 1.29 is 36.8 Å². The van der Waals surface area contributed by atoms with Crippen molar-refractivity contribution in [2.24, 2.45) is 0 Å². The molecule has 0 aromatic carbocycles. The molecule has 0 saturated carbocycles.